The lowest BCUT2D eigenvalue weighted by Gasteiger charge is -2.16. The molecule has 0 aliphatic rings. The maximum Gasteiger partial charge on any atom is 0.244 e. The summed E-state index contributed by atoms with van der Waals surface area (Å²) < 4.78 is 11.5. The van der Waals surface area contributed by atoms with Crippen molar-refractivity contribution in [3.63, 3.8) is 0 Å². The van der Waals surface area contributed by atoms with Gasteiger partial charge in [-0.1, -0.05) is 142 Å². The highest BCUT2D eigenvalue weighted by atomic mass is 32.9. The van der Waals surface area contributed by atoms with Crippen LogP contribution in [-0.2, 0) is 20.9 Å². The van der Waals surface area contributed by atoms with E-state index in [1.807, 2.05) is 0 Å². The summed E-state index contributed by atoms with van der Waals surface area (Å²) >= 11 is 9.88. The van der Waals surface area contributed by atoms with Gasteiger partial charge in [0, 0.05) is 0 Å². The van der Waals surface area contributed by atoms with Crippen LogP contribution in [0.15, 0.2) is 0 Å². The molecular weight excluding hydrogens is 415 g/mol. The van der Waals surface area contributed by atoms with Gasteiger partial charge in [-0.25, -0.2) is 0 Å². The van der Waals surface area contributed by atoms with E-state index in [2.05, 4.69) is 26.1 Å². The van der Waals surface area contributed by atoms with Gasteiger partial charge in [0.15, 0.2) is 0 Å². The van der Waals surface area contributed by atoms with E-state index in [1.54, 1.807) is 0 Å². The summed E-state index contributed by atoms with van der Waals surface area (Å²) in [4.78, 5) is 0. The van der Waals surface area contributed by atoms with Crippen molar-refractivity contribution in [2.45, 2.75) is 142 Å². The SMILES string of the molecule is CCCCCCCCCCCCOP(=S)(S)OCCCCCCCCCCCC. The van der Waals surface area contributed by atoms with Gasteiger partial charge in [-0.3, -0.25) is 0 Å². The minimum absolute atomic E-state index is 0.704. The van der Waals surface area contributed by atoms with Gasteiger partial charge < -0.3 is 9.05 Å². The predicted molar refractivity (Wildman–Crippen MR) is 139 cm³/mol. The molecule has 0 aromatic heterocycles. The maximum atomic E-state index is 5.76. The molecule has 0 aromatic rings. The van der Waals surface area contributed by atoms with E-state index in [0.29, 0.717) is 13.2 Å². The standard InChI is InChI=1S/C24H51O2PS2/c1-3-5-7-9-11-13-15-17-19-21-23-25-27(28,29)26-24-22-20-18-16-14-12-10-8-6-4-2/h3-24H2,1-2H3,(H,28,29). The second-order valence-corrected chi connectivity index (χ2v) is 13.8. The molecule has 5 heteroatoms. The van der Waals surface area contributed by atoms with E-state index in [1.165, 1.54) is 116 Å². The molecule has 2 nitrogen and oxygen atoms in total. The zero-order valence-electron chi connectivity index (χ0n) is 19.7. The van der Waals surface area contributed by atoms with Crippen LogP contribution in [0.3, 0.4) is 0 Å². The smallest absolute Gasteiger partial charge is 0.244 e. The molecule has 0 radical (unpaired) electrons. The van der Waals surface area contributed by atoms with Crippen LogP contribution in [0.1, 0.15) is 142 Å². The van der Waals surface area contributed by atoms with Crippen molar-refractivity contribution in [1.82, 2.24) is 0 Å². The van der Waals surface area contributed by atoms with Crippen LogP contribution in [0.5, 0.6) is 0 Å². The third-order valence-corrected chi connectivity index (χ3v) is 7.85. The van der Waals surface area contributed by atoms with Crippen molar-refractivity contribution >= 4 is 29.7 Å². The summed E-state index contributed by atoms with van der Waals surface area (Å²) in [5, 5.41) is 0. The Morgan fingerprint density at radius 3 is 1.00 bits per heavy atom. The molecule has 0 bridgehead atoms. The van der Waals surface area contributed by atoms with Crippen molar-refractivity contribution in [2.75, 3.05) is 13.2 Å². The van der Waals surface area contributed by atoms with Gasteiger partial charge in [0.1, 0.15) is 0 Å². The van der Waals surface area contributed by atoms with E-state index < -0.39 is 5.69 Å². The minimum atomic E-state index is -2.32. The van der Waals surface area contributed by atoms with Crippen LogP contribution in [0.25, 0.3) is 0 Å². The summed E-state index contributed by atoms with van der Waals surface area (Å²) in [5.41, 5.74) is -2.32. The third-order valence-electron chi connectivity index (χ3n) is 5.50. The first kappa shape index (κ1) is 29.9. The monoisotopic (exact) mass is 466 g/mol. The van der Waals surface area contributed by atoms with Gasteiger partial charge in [-0.05, 0) is 24.6 Å². The summed E-state index contributed by atoms with van der Waals surface area (Å²) in [7, 11) is 0. The van der Waals surface area contributed by atoms with E-state index in [9.17, 15) is 0 Å². The van der Waals surface area contributed by atoms with Crippen LogP contribution in [0, 0.1) is 0 Å². The van der Waals surface area contributed by atoms with Gasteiger partial charge in [0.05, 0.1) is 13.2 Å². The lowest BCUT2D eigenvalue weighted by atomic mass is 10.1. The third kappa shape index (κ3) is 25.1. The molecule has 0 N–H and O–H groups in total. The Kier molecular flexibility index (Phi) is 24.3. The Hall–Kier alpha value is 0.920. The normalized spacial score (nSPS) is 12.0. The highest BCUT2D eigenvalue weighted by Crippen LogP contribution is 2.53. The molecular formula is C24H51O2PS2. The lowest BCUT2D eigenvalue weighted by molar-refractivity contribution is 0.250. The predicted octanol–water partition coefficient (Wildman–Crippen LogP) is 10.0. The van der Waals surface area contributed by atoms with Crippen molar-refractivity contribution in [1.29, 1.82) is 0 Å². The van der Waals surface area contributed by atoms with Crippen molar-refractivity contribution in [3.8, 4) is 0 Å². The largest absolute Gasteiger partial charge is 0.322 e. The Morgan fingerprint density at radius 1 is 0.483 bits per heavy atom. The summed E-state index contributed by atoms with van der Waals surface area (Å²) in [5.74, 6) is 0. The van der Waals surface area contributed by atoms with E-state index >= 15 is 0 Å². The zero-order valence-corrected chi connectivity index (χ0v) is 22.3. The molecule has 0 atom stereocenters. The average Bonchev–Trinajstić information content (AvgIpc) is 2.70. The van der Waals surface area contributed by atoms with Crippen LogP contribution < -0.4 is 0 Å². The number of unbranched alkanes of at least 4 members (excludes halogenated alkanes) is 18. The molecule has 176 valence electrons. The fourth-order valence-electron chi connectivity index (χ4n) is 3.58. The van der Waals surface area contributed by atoms with Gasteiger partial charge in [-0.2, -0.15) is 0 Å². The van der Waals surface area contributed by atoms with Crippen molar-refractivity contribution in [2.24, 2.45) is 0 Å². The number of hydrogen-bond acceptors (Lipinski definition) is 3. The first-order chi connectivity index (χ1) is 14.1. The fraction of sp³-hybridized carbons (Fsp3) is 1.00. The first-order valence-electron chi connectivity index (χ1n) is 12.7. The molecule has 0 rings (SSSR count). The quantitative estimate of drug-likeness (QED) is 0.0867. The molecule has 0 saturated carbocycles. The van der Waals surface area contributed by atoms with Crippen molar-refractivity contribution in [3.05, 3.63) is 0 Å². The summed E-state index contributed by atoms with van der Waals surface area (Å²) in [6, 6.07) is 0. The highest BCUT2D eigenvalue weighted by Gasteiger charge is 2.12. The lowest BCUT2D eigenvalue weighted by Crippen LogP contribution is -1.96. The molecule has 0 heterocycles. The molecule has 0 aliphatic carbocycles. The minimum Gasteiger partial charge on any atom is -0.322 e. The summed E-state index contributed by atoms with van der Waals surface area (Å²) in [6.07, 6.45) is 26.7. The first-order valence-corrected chi connectivity index (χ1v) is 16.5. The van der Waals surface area contributed by atoms with Gasteiger partial charge in [0.25, 0.3) is 0 Å². The topological polar surface area (TPSA) is 18.5 Å². The molecule has 0 amide bonds. The average molecular weight is 467 g/mol. The van der Waals surface area contributed by atoms with Crippen molar-refractivity contribution < 1.29 is 9.05 Å². The van der Waals surface area contributed by atoms with E-state index in [-0.39, 0.29) is 0 Å². The molecule has 0 unspecified atom stereocenters. The van der Waals surface area contributed by atoms with Crippen LogP contribution in [0.4, 0.5) is 0 Å². The molecule has 0 aliphatic heterocycles. The highest BCUT2D eigenvalue weighted by molar-refractivity contribution is 8.60. The Labute approximate surface area is 194 Å². The Bertz CT molecular complexity index is 337. The molecule has 0 saturated heterocycles. The molecule has 0 aromatic carbocycles. The molecule has 0 spiro atoms. The van der Waals surface area contributed by atoms with Crippen LogP contribution in [0.2, 0.25) is 0 Å². The van der Waals surface area contributed by atoms with Gasteiger partial charge >= 0.3 is 0 Å². The Morgan fingerprint density at radius 2 is 0.724 bits per heavy atom. The van der Waals surface area contributed by atoms with E-state index in [4.69, 9.17) is 20.9 Å². The maximum absolute atomic E-state index is 5.76. The van der Waals surface area contributed by atoms with Crippen LogP contribution in [-0.4, -0.2) is 13.2 Å². The molecule has 29 heavy (non-hydrogen) atoms. The molecule has 0 fully saturated rings. The summed E-state index contributed by atoms with van der Waals surface area (Å²) in [6.45, 7) is 5.95. The van der Waals surface area contributed by atoms with Gasteiger partial charge in [0.2, 0.25) is 5.69 Å². The number of thiol groups is 1. The zero-order chi connectivity index (χ0) is 21.5. The van der Waals surface area contributed by atoms with Gasteiger partial charge in [-0.15, -0.1) is 0 Å². The second kappa shape index (κ2) is 23.6. The van der Waals surface area contributed by atoms with Crippen LogP contribution >= 0.6 is 17.9 Å². The number of rotatable bonds is 24. The van der Waals surface area contributed by atoms with E-state index in [0.717, 1.165) is 12.8 Å². The number of hydrogen-bond donors (Lipinski definition) is 1. The fourth-order valence-corrected chi connectivity index (χ4v) is 5.31. The second-order valence-electron chi connectivity index (χ2n) is 8.50. The Balaban J connectivity index is 3.31.